The zero-order chi connectivity index (χ0) is 25.5. The molecule has 8 unspecified atom stereocenters. The molecule has 10 heteroatoms. The van der Waals surface area contributed by atoms with Crippen LogP contribution in [0.2, 0.25) is 0 Å². The van der Waals surface area contributed by atoms with Gasteiger partial charge in [-0.2, -0.15) is 0 Å². The molecule has 4 aliphatic carbocycles. The van der Waals surface area contributed by atoms with E-state index in [1.54, 1.807) is 60.7 Å². The Balaban J connectivity index is 1.29. The molecule has 8 atom stereocenters. The Bertz CT molecular complexity index is 1190. The molecule has 6 rings (SSSR count). The van der Waals surface area contributed by atoms with Crippen LogP contribution in [-0.2, 0) is 12.6 Å². The summed E-state index contributed by atoms with van der Waals surface area (Å²) in [6.07, 6.45) is 1.09. The Labute approximate surface area is 215 Å². The fourth-order valence-electron chi connectivity index (χ4n) is 7.74. The first kappa shape index (κ1) is 25.1. The molecule has 4 saturated carbocycles. The molecule has 0 saturated heterocycles. The van der Waals surface area contributed by atoms with E-state index in [0.717, 1.165) is 6.42 Å². The van der Waals surface area contributed by atoms with E-state index in [9.17, 15) is 13.5 Å². The fourth-order valence-corrected chi connectivity index (χ4v) is 14.8. The van der Waals surface area contributed by atoms with Crippen molar-refractivity contribution >= 4 is 30.4 Å². The summed E-state index contributed by atoms with van der Waals surface area (Å²) in [4.78, 5) is 0. The van der Waals surface area contributed by atoms with Crippen LogP contribution in [0.25, 0.3) is 0 Å². The fraction of sp³-hybridized carbons (Fsp3) is 0.538. The molecule has 4 bridgehead atoms. The van der Waals surface area contributed by atoms with E-state index in [0.29, 0.717) is 20.0 Å². The van der Waals surface area contributed by atoms with Crippen LogP contribution in [0.3, 0.4) is 0 Å². The van der Waals surface area contributed by atoms with Gasteiger partial charge < -0.3 is 0 Å². The summed E-state index contributed by atoms with van der Waals surface area (Å²) in [5.74, 6) is -7.24. The van der Waals surface area contributed by atoms with Crippen molar-refractivity contribution in [2.45, 2.75) is 43.0 Å². The van der Waals surface area contributed by atoms with Gasteiger partial charge in [-0.05, 0) is 0 Å². The van der Waals surface area contributed by atoms with E-state index < -0.39 is 59.5 Å². The zero-order valence-electron chi connectivity index (χ0n) is 19.2. The second-order valence-corrected chi connectivity index (χ2v) is 17.2. The predicted molar refractivity (Wildman–Crippen MR) is 133 cm³/mol. The van der Waals surface area contributed by atoms with Crippen molar-refractivity contribution in [1.29, 1.82) is 0 Å². The zero-order valence-corrected chi connectivity index (χ0v) is 22.2. The van der Waals surface area contributed by atoms with Crippen molar-refractivity contribution in [1.82, 2.24) is 0 Å². The maximum atomic E-state index is 15.7. The van der Waals surface area contributed by atoms with Gasteiger partial charge in [0.05, 0.1) is 0 Å². The minimum atomic E-state index is -5.96. The number of rotatable bonds is 7. The standard InChI is InChI=1S/C26H27F4IO4S/c27-25(28,21-13-15-11-19(21)23-16-12-20(24(15)23)22(32)14-16)26(29,30)36(33,34)35-31(17-7-3-1-4-8-17)18-9-5-2-6-10-18/h1-10,15-16,19-24,32H,11-14H2. The number of hydrogen-bond acceptors (Lipinski definition) is 4. The number of halogens is 5. The van der Waals surface area contributed by atoms with Gasteiger partial charge >= 0.3 is 216 Å². The van der Waals surface area contributed by atoms with Gasteiger partial charge in [-0.25, -0.2) is 0 Å². The molecule has 4 fully saturated rings. The van der Waals surface area contributed by atoms with E-state index in [1.807, 2.05) is 0 Å². The first-order valence-corrected chi connectivity index (χ1v) is 16.7. The number of aliphatic hydroxyl groups excluding tert-OH is 1. The number of benzene rings is 2. The van der Waals surface area contributed by atoms with Crippen molar-refractivity contribution in [3.05, 3.63) is 67.8 Å². The van der Waals surface area contributed by atoms with Gasteiger partial charge in [0.2, 0.25) is 0 Å². The molecule has 196 valence electrons. The Hall–Kier alpha value is -1.24. The summed E-state index contributed by atoms with van der Waals surface area (Å²) >= 11 is -3.49. The van der Waals surface area contributed by atoms with Gasteiger partial charge in [0, 0.05) is 0 Å². The quantitative estimate of drug-likeness (QED) is 0.229. The number of aliphatic hydroxyl groups is 1. The molecule has 36 heavy (non-hydrogen) atoms. The summed E-state index contributed by atoms with van der Waals surface area (Å²) in [7, 11) is -5.96. The molecule has 0 amide bonds. The molecule has 2 aromatic rings. The maximum absolute atomic E-state index is 15.7. The average Bonchev–Trinajstić information content (AvgIpc) is 3.62. The second kappa shape index (κ2) is 8.64. The van der Waals surface area contributed by atoms with E-state index >= 15 is 17.6 Å². The van der Waals surface area contributed by atoms with Crippen LogP contribution < -0.4 is 0 Å². The summed E-state index contributed by atoms with van der Waals surface area (Å²) in [6, 6.07) is 16.2. The molecule has 4 aliphatic rings. The van der Waals surface area contributed by atoms with Crippen LogP contribution in [0, 0.1) is 48.6 Å². The second-order valence-electron chi connectivity index (χ2n) is 10.6. The summed E-state index contributed by atoms with van der Waals surface area (Å²) in [5, 5.41) is 4.91. The van der Waals surface area contributed by atoms with Crippen molar-refractivity contribution in [2.75, 3.05) is 0 Å². The average molecular weight is 638 g/mol. The van der Waals surface area contributed by atoms with Crippen LogP contribution in [0.4, 0.5) is 17.6 Å². The third-order valence-electron chi connectivity index (χ3n) is 8.96. The van der Waals surface area contributed by atoms with Gasteiger partial charge in [-0.3, -0.25) is 0 Å². The van der Waals surface area contributed by atoms with Gasteiger partial charge in [0.25, 0.3) is 0 Å². The van der Waals surface area contributed by atoms with E-state index in [-0.39, 0.29) is 36.0 Å². The van der Waals surface area contributed by atoms with Crippen molar-refractivity contribution in [2.24, 2.45) is 41.4 Å². The van der Waals surface area contributed by atoms with Gasteiger partial charge in [0.1, 0.15) is 0 Å². The molecule has 4 nitrogen and oxygen atoms in total. The van der Waals surface area contributed by atoms with Crippen LogP contribution in [-0.4, -0.2) is 30.8 Å². The summed E-state index contributed by atoms with van der Waals surface area (Å²) in [6.45, 7) is 0. The Morgan fingerprint density at radius 2 is 1.28 bits per heavy atom. The topological polar surface area (TPSA) is 63.6 Å². The van der Waals surface area contributed by atoms with Crippen LogP contribution in [0.15, 0.2) is 60.7 Å². The Kier molecular flexibility index (Phi) is 6.01. The molecule has 0 spiro atoms. The summed E-state index contributed by atoms with van der Waals surface area (Å²) < 4.78 is 94.1. The third kappa shape index (κ3) is 3.60. The normalized spacial score (nSPS) is 35.8. The minimum absolute atomic E-state index is 0.0546. The number of alkyl halides is 4. The van der Waals surface area contributed by atoms with Crippen molar-refractivity contribution in [3.63, 3.8) is 0 Å². The Morgan fingerprint density at radius 3 is 1.86 bits per heavy atom. The van der Waals surface area contributed by atoms with E-state index in [1.165, 1.54) is 0 Å². The molecular formula is C26H27F4IO4S. The molecule has 0 radical (unpaired) electrons. The molecule has 0 heterocycles. The first-order chi connectivity index (χ1) is 17.0. The first-order valence-electron chi connectivity index (χ1n) is 12.2. The van der Waals surface area contributed by atoms with Crippen molar-refractivity contribution < 1.29 is 33.6 Å². The molecular weight excluding hydrogens is 611 g/mol. The number of hydrogen-bond donors (Lipinski definition) is 1. The van der Waals surface area contributed by atoms with Crippen molar-refractivity contribution in [3.8, 4) is 0 Å². The third-order valence-corrected chi connectivity index (χ3v) is 16.4. The van der Waals surface area contributed by atoms with Gasteiger partial charge in [0.15, 0.2) is 0 Å². The van der Waals surface area contributed by atoms with Crippen LogP contribution in [0.1, 0.15) is 25.7 Å². The summed E-state index contributed by atoms with van der Waals surface area (Å²) in [5.41, 5.74) is 0. The molecule has 0 aromatic heterocycles. The van der Waals surface area contributed by atoms with E-state index in [4.69, 9.17) is 2.51 Å². The SMILES string of the molecule is O=S(=O)(OI(c1ccccc1)c1ccccc1)C(F)(F)C(F)(F)C1CC2CC1C1C3CC(O)C(C3)C21. The van der Waals surface area contributed by atoms with Crippen LogP contribution in [0.5, 0.6) is 0 Å². The predicted octanol–water partition coefficient (Wildman–Crippen LogP) is 6.01. The van der Waals surface area contributed by atoms with Gasteiger partial charge in [-0.1, -0.05) is 0 Å². The van der Waals surface area contributed by atoms with E-state index in [2.05, 4.69) is 0 Å². The van der Waals surface area contributed by atoms with Crippen LogP contribution >= 0.6 is 20.2 Å². The number of fused-ring (bicyclic) bond motifs is 9. The van der Waals surface area contributed by atoms with Gasteiger partial charge in [-0.15, -0.1) is 0 Å². The monoisotopic (exact) mass is 638 g/mol. The molecule has 1 N–H and O–H groups in total. The molecule has 0 aliphatic heterocycles. The molecule has 2 aromatic carbocycles. The Morgan fingerprint density at radius 1 is 0.778 bits per heavy atom.